The molecule has 0 aliphatic heterocycles. The Kier molecular flexibility index (Phi) is 4.93. The molecule has 0 aliphatic carbocycles. The molecule has 6 heteroatoms. The summed E-state index contributed by atoms with van der Waals surface area (Å²) in [7, 11) is 0. The van der Waals surface area contributed by atoms with Crippen molar-refractivity contribution in [2.45, 2.75) is 46.6 Å². The van der Waals surface area contributed by atoms with Crippen molar-refractivity contribution in [3.05, 3.63) is 63.7 Å². The second kappa shape index (κ2) is 7.15. The molecule has 1 unspecified atom stereocenters. The Labute approximate surface area is 152 Å². The van der Waals surface area contributed by atoms with Crippen molar-refractivity contribution < 1.29 is 4.52 Å². The summed E-state index contributed by atoms with van der Waals surface area (Å²) in [4.78, 5) is 19.8. The predicted molar refractivity (Wildman–Crippen MR) is 102 cm³/mol. The van der Waals surface area contributed by atoms with E-state index in [1.807, 2.05) is 45.0 Å². The van der Waals surface area contributed by atoms with Crippen LogP contribution in [-0.4, -0.2) is 15.1 Å². The molecule has 3 rings (SSSR count). The average Bonchev–Trinajstić information content (AvgIpc) is 2.95. The normalized spacial score (nSPS) is 12.4. The molecule has 0 amide bonds. The molecule has 0 saturated carbocycles. The lowest BCUT2D eigenvalue weighted by Gasteiger charge is -2.16. The van der Waals surface area contributed by atoms with Crippen molar-refractivity contribution >= 4 is 5.69 Å². The van der Waals surface area contributed by atoms with E-state index in [-0.39, 0.29) is 11.6 Å². The van der Waals surface area contributed by atoms with E-state index in [0.29, 0.717) is 11.6 Å². The zero-order chi connectivity index (χ0) is 18.8. The molecule has 0 bridgehead atoms. The van der Waals surface area contributed by atoms with E-state index in [1.54, 1.807) is 6.20 Å². The van der Waals surface area contributed by atoms with Crippen LogP contribution in [0.25, 0.3) is 11.1 Å². The van der Waals surface area contributed by atoms with Gasteiger partial charge in [0.2, 0.25) is 0 Å². The molecule has 0 fully saturated rings. The maximum absolute atomic E-state index is 12.3. The lowest BCUT2D eigenvalue weighted by atomic mass is 10.1. The number of hydrogen-bond donors (Lipinski definition) is 2. The molecule has 0 saturated heterocycles. The molecular weight excluding hydrogens is 328 g/mol. The van der Waals surface area contributed by atoms with E-state index in [0.717, 1.165) is 34.0 Å². The first-order valence-electron chi connectivity index (χ1n) is 8.76. The van der Waals surface area contributed by atoms with Crippen molar-refractivity contribution in [2.75, 3.05) is 5.32 Å². The van der Waals surface area contributed by atoms with Gasteiger partial charge in [0.1, 0.15) is 11.4 Å². The Morgan fingerprint density at radius 3 is 2.54 bits per heavy atom. The molecule has 3 aromatic heterocycles. The molecule has 26 heavy (non-hydrogen) atoms. The van der Waals surface area contributed by atoms with Gasteiger partial charge in [-0.3, -0.25) is 9.78 Å². The van der Waals surface area contributed by atoms with Gasteiger partial charge in [-0.15, -0.1) is 0 Å². The standard InChI is InChI=1S/C20H24N4O2/c1-11(2)16-7-6-8-17(23-16)12(3)22-18-9-15(10-21-20(18)25)19-13(4)24-26-14(19)5/h6-12,22H,1-5H3,(H,21,25). The van der Waals surface area contributed by atoms with Crippen LogP contribution in [0.4, 0.5) is 5.69 Å². The number of nitrogens with one attached hydrogen (secondary N) is 2. The van der Waals surface area contributed by atoms with E-state index in [4.69, 9.17) is 9.51 Å². The second-order valence-corrected chi connectivity index (χ2v) is 6.84. The van der Waals surface area contributed by atoms with Crippen LogP contribution in [0.3, 0.4) is 0 Å². The van der Waals surface area contributed by atoms with Crippen LogP contribution in [0.2, 0.25) is 0 Å². The summed E-state index contributed by atoms with van der Waals surface area (Å²) < 4.78 is 5.23. The smallest absolute Gasteiger partial charge is 0.271 e. The predicted octanol–water partition coefficient (Wildman–Crippen LogP) is 4.34. The maximum Gasteiger partial charge on any atom is 0.271 e. The molecule has 0 spiro atoms. The topological polar surface area (TPSA) is 83.8 Å². The molecule has 136 valence electrons. The lowest BCUT2D eigenvalue weighted by molar-refractivity contribution is 0.393. The van der Waals surface area contributed by atoms with Gasteiger partial charge in [-0.05, 0) is 44.9 Å². The van der Waals surface area contributed by atoms with Crippen LogP contribution in [-0.2, 0) is 0 Å². The monoisotopic (exact) mass is 352 g/mol. The number of aromatic amines is 1. The zero-order valence-electron chi connectivity index (χ0n) is 15.8. The number of aryl methyl sites for hydroxylation is 2. The zero-order valence-corrected chi connectivity index (χ0v) is 15.8. The van der Waals surface area contributed by atoms with Gasteiger partial charge >= 0.3 is 0 Å². The number of nitrogens with zero attached hydrogens (tertiary/aromatic N) is 2. The van der Waals surface area contributed by atoms with E-state index in [9.17, 15) is 4.79 Å². The summed E-state index contributed by atoms with van der Waals surface area (Å²) in [5, 5.41) is 7.26. The molecule has 3 heterocycles. The summed E-state index contributed by atoms with van der Waals surface area (Å²) in [5.41, 5.74) is 4.81. The third-order valence-electron chi connectivity index (χ3n) is 4.42. The maximum atomic E-state index is 12.3. The Hall–Kier alpha value is -2.89. The van der Waals surface area contributed by atoms with Crippen molar-refractivity contribution in [3.63, 3.8) is 0 Å². The number of anilines is 1. The summed E-state index contributed by atoms with van der Waals surface area (Å²) in [5.74, 6) is 1.08. The first kappa shape index (κ1) is 17.9. The Morgan fingerprint density at radius 1 is 1.15 bits per heavy atom. The first-order chi connectivity index (χ1) is 12.4. The number of pyridine rings is 2. The number of rotatable bonds is 5. The summed E-state index contributed by atoms with van der Waals surface area (Å²) in [6, 6.07) is 7.71. The van der Waals surface area contributed by atoms with Crippen LogP contribution >= 0.6 is 0 Å². The summed E-state index contributed by atoms with van der Waals surface area (Å²) >= 11 is 0. The van der Waals surface area contributed by atoms with Gasteiger partial charge in [-0.2, -0.15) is 0 Å². The van der Waals surface area contributed by atoms with Crippen molar-refractivity contribution in [2.24, 2.45) is 0 Å². The van der Waals surface area contributed by atoms with Crippen LogP contribution in [0.1, 0.15) is 55.6 Å². The third kappa shape index (κ3) is 3.54. The molecule has 1 atom stereocenters. The van der Waals surface area contributed by atoms with E-state index in [1.165, 1.54) is 0 Å². The number of H-pyrrole nitrogens is 1. The summed E-state index contributed by atoms with van der Waals surface area (Å²) in [6.45, 7) is 9.96. The fraction of sp³-hybridized carbons (Fsp3) is 0.350. The molecule has 3 aromatic rings. The highest BCUT2D eigenvalue weighted by Gasteiger charge is 2.15. The quantitative estimate of drug-likeness (QED) is 0.714. The fourth-order valence-electron chi connectivity index (χ4n) is 2.97. The molecule has 2 N–H and O–H groups in total. The van der Waals surface area contributed by atoms with Gasteiger partial charge in [0.15, 0.2) is 0 Å². The van der Waals surface area contributed by atoms with Crippen LogP contribution in [0, 0.1) is 13.8 Å². The van der Waals surface area contributed by atoms with E-state index < -0.39 is 0 Å². The number of hydrogen-bond acceptors (Lipinski definition) is 5. The van der Waals surface area contributed by atoms with Crippen LogP contribution in [0.5, 0.6) is 0 Å². The highest BCUT2D eigenvalue weighted by Crippen LogP contribution is 2.28. The van der Waals surface area contributed by atoms with Gasteiger partial charge < -0.3 is 14.8 Å². The van der Waals surface area contributed by atoms with Crippen molar-refractivity contribution in [1.29, 1.82) is 0 Å². The van der Waals surface area contributed by atoms with Crippen LogP contribution < -0.4 is 10.9 Å². The molecule has 0 aromatic carbocycles. The van der Waals surface area contributed by atoms with E-state index >= 15 is 0 Å². The third-order valence-corrected chi connectivity index (χ3v) is 4.42. The first-order valence-corrected chi connectivity index (χ1v) is 8.76. The molecular formula is C20H24N4O2. The SMILES string of the molecule is Cc1noc(C)c1-c1c[nH]c(=O)c(NC(C)c2cccc(C(C)C)n2)c1. The van der Waals surface area contributed by atoms with Gasteiger partial charge in [-0.1, -0.05) is 25.1 Å². The Morgan fingerprint density at radius 2 is 1.88 bits per heavy atom. The minimum atomic E-state index is -0.174. The lowest BCUT2D eigenvalue weighted by Crippen LogP contribution is -2.17. The van der Waals surface area contributed by atoms with Crippen molar-refractivity contribution in [1.82, 2.24) is 15.1 Å². The second-order valence-electron chi connectivity index (χ2n) is 6.84. The average molecular weight is 352 g/mol. The highest BCUT2D eigenvalue weighted by atomic mass is 16.5. The Bertz CT molecular complexity index is 952. The Balaban J connectivity index is 1.91. The van der Waals surface area contributed by atoms with E-state index in [2.05, 4.69) is 29.3 Å². The minimum Gasteiger partial charge on any atom is -0.372 e. The van der Waals surface area contributed by atoms with Gasteiger partial charge in [-0.25, -0.2) is 0 Å². The largest absolute Gasteiger partial charge is 0.372 e. The van der Waals surface area contributed by atoms with Gasteiger partial charge in [0.05, 0.1) is 17.4 Å². The number of aromatic nitrogens is 3. The summed E-state index contributed by atoms with van der Waals surface area (Å²) in [6.07, 6.45) is 1.68. The molecule has 0 radical (unpaired) electrons. The molecule has 0 aliphatic rings. The van der Waals surface area contributed by atoms with Gasteiger partial charge in [0.25, 0.3) is 5.56 Å². The fourth-order valence-corrected chi connectivity index (χ4v) is 2.97. The van der Waals surface area contributed by atoms with Gasteiger partial charge in [0, 0.05) is 23.0 Å². The highest BCUT2D eigenvalue weighted by molar-refractivity contribution is 5.70. The minimum absolute atomic E-state index is 0.102. The molecule has 6 nitrogen and oxygen atoms in total. The van der Waals surface area contributed by atoms with Crippen molar-refractivity contribution in [3.8, 4) is 11.1 Å². The van der Waals surface area contributed by atoms with Crippen LogP contribution in [0.15, 0.2) is 39.8 Å².